The first-order valence-corrected chi connectivity index (χ1v) is 8.43. The monoisotopic (exact) mass is 370 g/mol. The van der Waals surface area contributed by atoms with Crippen molar-refractivity contribution in [2.75, 3.05) is 30.5 Å². The van der Waals surface area contributed by atoms with E-state index in [1.54, 1.807) is 48.5 Å². The van der Waals surface area contributed by atoms with Gasteiger partial charge in [0.1, 0.15) is 12.3 Å². The summed E-state index contributed by atoms with van der Waals surface area (Å²) in [6.45, 7) is 3.68. The summed E-state index contributed by atoms with van der Waals surface area (Å²) in [6, 6.07) is 13.2. The van der Waals surface area contributed by atoms with Crippen molar-refractivity contribution in [3.63, 3.8) is 0 Å². The van der Waals surface area contributed by atoms with Crippen LogP contribution in [0.15, 0.2) is 48.5 Å². The second-order valence-electron chi connectivity index (χ2n) is 5.65. The second-order valence-corrected chi connectivity index (χ2v) is 5.65. The molecule has 0 heterocycles. The number of carbonyl (C=O) groups excluding carboxylic acids is 3. The van der Waals surface area contributed by atoms with Crippen LogP contribution < -0.4 is 15.0 Å². The molecule has 0 aromatic heterocycles. The highest BCUT2D eigenvalue weighted by Crippen LogP contribution is 2.18. The molecule has 2 aromatic carbocycles. The van der Waals surface area contributed by atoms with E-state index < -0.39 is 5.97 Å². The van der Waals surface area contributed by atoms with Crippen molar-refractivity contribution in [3.05, 3.63) is 54.1 Å². The molecule has 2 amide bonds. The molecule has 0 radical (unpaired) electrons. The predicted molar refractivity (Wildman–Crippen MR) is 102 cm³/mol. The lowest BCUT2D eigenvalue weighted by molar-refractivity contribution is -0.120. The Labute approximate surface area is 157 Å². The maximum absolute atomic E-state index is 12.3. The van der Waals surface area contributed by atoms with Gasteiger partial charge in [0.2, 0.25) is 11.8 Å². The number of hydrogen-bond donors (Lipinski definition) is 1. The molecule has 7 heteroatoms. The van der Waals surface area contributed by atoms with E-state index in [4.69, 9.17) is 4.74 Å². The number of amides is 2. The van der Waals surface area contributed by atoms with Gasteiger partial charge in [0.15, 0.2) is 0 Å². The van der Waals surface area contributed by atoms with Crippen molar-refractivity contribution < 1.29 is 23.9 Å². The van der Waals surface area contributed by atoms with E-state index >= 15 is 0 Å². The van der Waals surface area contributed by atoms with Gasteiger partial charge in [-0.25, -0.2) is 4.79 Å². The highest BCUT2D eigenvalue weighted by atomic mass is 16.5. The molecule has 142 valence electrons. The summed E-state index contributed by atoms with van der Waals surface area (Å²) in [6.07, 6.45) is 0. The highest BCUT2D eigenvalue weighted by Gasteiger charge is 2.17. The molecule has 0 spiro atoms. The molecular weight excluding hydrogens is 348 g/mol. The Kier molecular flexibility index (Phi) is 6.93. The van der Waals surface area contributed by atoms with Crippen LogP contribution in [0.3, 0.4) is 0 Å². The number of rotatable bonds is 7. The molecule has 0 aliphatic heterocycles. The molecule has 0 aliphatic carbocycles. The van der Waals surface area contributed by atoms with Gasteiger partial charge in [-0.3, -0.25) is 9.59 Å². The number of methoxy groups -OCH3 is 1. The van der Waals surface area contributed by atoms with Crippen LogP contribution in [0.1, 0.15) is 24.2 Å². The average Bonchev–Trinajstić information content (AvgIpc) is 2.67. The number of hydrogen-bond acceptors (Lipinski definition) is 5. The zero-order valence-electron chi connectivity index (χ0n) is 15.5. The molecule has 0 fully saturated rings. The first kappa shape index (κ1) is 20.0. The minimum Gasteiger partial charge on any atom is -0.494 e. The number of nitrogens with one attached hydrogen (secondary N) is 1. The topological polar surface area (TPSA) is 84.9 Å². The zero-order valence-corrected chi connectivity index (χ0v) is 15.5. The SMILES string of the molecule is CCOc1ccc(NC(=O)CN(C(C)=O)c2ccc(C(=O)OC)cc2)cc1. The van der Waals surface area contributed by atoms with Crippen LogP contribution in [-0.4, -0.2) is 38.0 Å². The quantitative estimate of drug-likeness (QED) is 0.758. The number of nitrogens with zero attached hydrogens (tertiary/aromatic N) is 1. The summed E-state index contributed by atoms with van der Waals surface area (Å²) in [5.74, 6) is -0.384. The van der Waals surface area contributed by atoms with Crippen molar-refractivity contribution in [2.45, 2.75) is 13.8 Å². The largest absolute Gasteiger partial charge is 0.494 e. The Morgan fingerprint density at radius 1 is 1.00 bits per heavy atom. The Balaban J connectivity index is 2.05. The molecule has 0 atom stereocenters. The Hall–Kier alpha value is -3.35. The third kappa shape index (κ3) is 5.57. The van der Waals surface area contributed by atoms with E-state index in [1.165, 1.54) is 18.9 Å². The molecule has 0 aliphatic rings. The molecule has 0 unspecified atom stereocenters. The fourth-order valence-corrected chi connectivity index (χ4v) is 2.43. The van der Waals surface area contributed by atoms with Crippen molar-refractivity contribution >= 4 is 29.2 Å². The van der Waals surface area contributed by atoms with Crippen LogP contribution in [0.5, 0.6) is 5.75 Å². The van der Waals surface area contributed by atoms with Gasteiger partial charge in [0.05, 0.1) is 19.3 Å². The van der Waals surface area contributed by atoms with E-state index in [0.717, 1.165) is 0 Å². The standard InChI is InChI=1S/C20H22N2O5/c1-4-27-18-11-7-16(8-12-18)21-19(24)13-22(14(2)23)17-9-5-15(6-10-17)20(25)26-3/h5-12H,4,13H2,1-3H3,(H,21,24). The van der Waals surface area contributed by atoms with Crippen molar-refractivity contribution in [1.29, 1.82) is 0 Å². The summed E-state index contributed by atoms with van der Waals surface area (Å²) < 4.78 is 10.0. The maximum Gasteiger partial charge on any atom is 0.337 e. The number of esters is 1. The summed E-state index contributed by atoms with van der Waals surface area (Å²) in [5, 5.41) is 2.74. The fourth-order valence-electron chi connectivity index (χ4n) is 2.43. The first-order valence-electron chi connectivity index (χ1n) is 8.43. The van der Waals surface area contributed by atoms with E-state index in [2.05, 4.69) is 10.1 Å². The van der Waals surface area contributed by atoms with Crippen LogP contribution in [0.25, 0.3) is 0 Å². The van der Waals surface area contributed by atoms with Crippen LogP contribution in [0.2, 0.25) is 0 Å². The lowest BCUT2D eigenvalue weighted by Gasteiger charge is -2.21. The molecule has 7 nitrogen and oxygen atoms in total. The fraction of sp³-hybridized carbons (Fsp3) is 0.250. The molecule has 2 aromatic rings. The van der Waals surface area contributed by atoms with E-state index in [1.807, 2.05) is 6.92 Å². The molecule has 2 rings (SSSR count). The maximum atomic E-state index is 12.3. The normalized spacial score (nSPS) is 10.0. The molecule has 27 heavy (non-hydrogen) atoms. The van der Waals surface area contributed by atoms with Gasteiger partial charge in [0.25, 0.3) is 0 Å². The van der Waals surface area contributed by atoms with Crippen LogP contribution in [0.4, 0.5) is 11.4 Å². The van der Waals surface area contributed by atoms with Gasteiger partial charge in [0, 0.05) is 18.3 Å². The summed E-state index contributed by atoms with van der Waals surface area (Å²) in [5.41, 5.74) is 1.48. The van der Waals surface area contributed by atoms with Gasteiger partial charge >= 0.3 is 5.97 Å². The van der Waals surface area contributed by atoms with Gasteiger partial charge in [-0.1, -0.05) is 0 Å². The van der Waals surface area contributed by atoms with Crippen LogP contribution in [-0.2, 0) is 14.3 Å². The van der Waals surface area contributed by atoms with Gasteiger partial charge in [-0.05, 0) is 55.5 Å². The third-order valence-corrected chi connectivity index (χ3v) is 3.73. The average molecular weight is 370 g/mol. The van der Waals surface area contributed by atoms with Gasteiger partial charge < -0.3 is 19.7 Å². The van der Waals surface area contributed by atoms with Crippen molar-refractivity contribution in [2.24, 2.45) is 0 Å². The number of carbonyl (C=O) groups is 3. The Bertz CT molecular complexity index is 800. The van der Waals surface area contributed by atoms with Gasteiger partial charge in [-0.2, -0.15) is 0 Å². The van der Waals surface area contributed by atoms with E-state index in [0.29, 0.717) is 29.3 Å². The zero-order chi connectivity index (χ0) is 19.8. The molecule has 1 N–H and O–H groups in total. The van der Waals surface area contributed by atoms with E-state index in [9.17, 15) is 14.4 Å². The summed E-state index contributed by atoms with van der Waals surface area (Å²) in [4.78, 5) is 37.1. The summed E-state index contributed by atoms with van der Waals surface area (Å²) >= 11 is 0. The summed E-state index contributed by atoms with van der Waals surface area (Å²) in [7, 11) is 1.30. The highest BCUT2D eigenvalue weighted by molar-refractivity contribution is 6.02. The minimum atomic E-state index is -0.468. The molecule has 0 saturated heterocycles. The lowest BCUT2D eigenvalue weighted by atomic mass is 10.2. The molecule has 0 saturated carbocycles. The smallest absolute Gasteiger partial charge is 0.337 e. The first-order chi connectivity index (χ1) is 12.9. The lowest BCUT2D eigenvalue weighted by Crippen LogP contribution is -2.36. The molecular formula is C20H22N2O5. The van der Waals surface area contributed by atoms with E-state index in [-0.39, 0.29) is 18.4 Å². The third-order valence-electron chi connectivity index (χ3n) is 3.73. The van der Waals surface area contributed by atoms with Crippen molar-refractivity contribution in [3.8, 4) is 5.75 Å². The van der Waals surface area contributed by atoms with Crippen LogP contribution >= 0.6 is 0 Å². The molecule has 0 bridgehead atoms. The minimum absolute atomic E-state index is 0.153. The Morgan fingerprint density at radius 3 is 2.15 bits per heavy atom. The van der Waals surface area contributed by atoms with Crippen LogP contribution in [0, 0.1) is 0 Å². The number of anilines is 2. The predicted octanol–water partition coefficient (Wildman–Crippen LogP) is 2.86. The number of ether oxygens (including phenoxy) is 2. The second kappa shape index (κ2) is 9.38. The van der Waals surface area contributed by atoms with Crippen molar-refractivity contribution in [1.82, 2.24) is 0 Å². The number of benzene rings is 2. The Morgan fingerprint density at radius 2 is 1.63 bits per heavy atom. The van der Waals surface area contributed by atoms with Gasteiger partial charge in [-0.15, -0.1) is 0 Å².